The molecule has 0 aliphatic heterocycles. The Morgan fingerprint density at radius 1 is 0.662 bits per heavy atom. The van der Waals surface area contributed by atoms with Crippen LogP contribution in [-0.2, 0) is 14.8 Å². The Bertz CT molecular complexity index is 2840. The Hall–Kier alpha value is -6.80. The van der Waals surface area contributed by atoms with Crippen molar-refractivity contribution in [3.8, 4) is 5.75 Å². The Kier molecular flexibility index (Phi) is 13.2. The van der Waals surface area contributed by atoms with Gasteiger partial charge in [0.2, 0.25) is 0 Å². The van der Waals surface area contributed by atoms with Gasteiger partial charge in [0.15, 0.2) is 17.0 Å². The molecule has 2 aromatic heterocycles. The van der Waals surface area contributed by atoms with Crippen molar-refractivity contribution in [3.05, 3.63) is 211 Å². The van der Waals surface area contributed by atoms with Gasteiger partial charge < -0.3 is 34.0 Å². The highest BCUT2D eigenvalue weighted by molar-refractivity contribution is 6.99. The number of imidazole rings is 1. The second kappa shape index (κ2) is 19.4. The van der Waals surface area contributed by atoms with Gasteiger partial charge in [0, 0.05) is 35.5 Å². The molecule has 2 heterocycles. The molecule has 12 heteroatoms. The van der Waals surface area contributed by atoms with Gasteiger partial charge in [-0.1, -0.05) is 172 Å². The maximum absolute atomic E-state index is 13.5. The Morgan fingerprint density at radius 2 is 1.16 bits per heavy atom. The lowest BCUT2D eigenvalue weighted by Crippen LogP contribution is -2.69. The van der Waals surface area contributed by atoms with E-state index < -0.39 is 37.2 Å². The fourth-order valence-electron chi connectivity index (χ4n) is 10.6. The summed E-state index contributed by atoms with van der Waals surface area (Å²) in [5, 5.41) is 28.5. The van der Waals surface area contributed by atoms with Crippen molar-refractivity contribution < 1.29 is 28.9 Å². The molecule has 6 aromatic carbocycles. The van der Waals surface area contributed by atoms with E-state index in [1.165, 1.54) is 6.33 Å². The third kappa shape index (κ3) is 8.11. The van der Waals surface area contributed by atoms with Gasteiger partial charge in [-0.25, -0.2) is 15.0 Å². The monoisotopic (exact) mass is 923 g/mol. The minimum atomic E-state index is -3.12. The number of fused-ring (bicyclic) bond motifs is 1. The Balaban J connectivity index is 1.19. The molecule has 1 aliphatic rings. The van der Waals surface area contributed by atoms with Crippen molar-refractivity contribution in [1.29, 1.82) is 0 Å². The number of hydrogen-bond acceptors (Lipinski definition) is 9. The summed E-state index contributed by atoms with van der Waals surface area (Å²) in [5.74, 6) is -0.365. The van der Waals surface area contributed by atoms with Crippen LogP contribution in [0.3, 0.4) is 0 Å². The molecule has 8 aromatic rings. The second-order valence-electron chi connectivity index (χ2n) is 18.5. The second-order valence-corrected chi connectivity index (χ2v) is 22.9. The molecule has 0 unspecified atom stereocenters. The summed E-state index contributed by atoms with van der Waals surface area (Å²) < 4.78 is 22.8. The number of aromatic nitrogens is 4. The minimum Gasteiger partial charge on any atom is -0.497 e. The first-order valence-corrected chi connectivity index (χ1v) is 24.9. The van der Waals surface area contributed by atoms with E-state index in [2.05, 4.69) is 104 Å². The molecule has 346 valence electrons. The number of nitrogens with one attached hydrogen (secondary N) is 1. The lowest BCUT2D eigenvalue weighted by Gasteiger charge is -2.61. The number of aliphatic hydroxyl groups excluding tert-OH is 2. The molecular weight excluding hydrogens is 867 g/mol. The van der Waals surface area contributed by atoms with Gasteiger partial charge >= 0.3 is 0 Å². The molecular formula is C56H57N5O6Si. The smallest absolute Gasteiger partial charge is 0.261 e. The van der Waals surface area contributed by atoms with Gasteiger partial charge in [-0.15, -0.1) is 0 Å². The highest BCUT2D eigenvalue weighted by Gasteiger charge is 2.64. The van der Waals surface area contributed by atoms with E-state index in [1.54, 1.807) is 37.7 Å². The van der Waals surface area contributed by atoms with Crippen LogP contribution in [-0.4, -0.2) is 77.5 Å². The Labute approximate surface area is 398 Å². The fourth-order valence-corrected chi connectivity index (χ4v) is 15.2. The highest BCUT2D eigenvalue weighted by atomic mass is 28.4. The molecule has 1 amide bonds. The normalized spacial score (nSPS) is 17.1. The first-order valence-electron chi connectivity index (χ1n) is 23.0. The van der Waals surface area contributed by atoms with Crippen LogP contribution in [0, 0.1) is 17.3 Å². The summed E-state index contributed by atoms with van der Waals surface area (Å²) in [4.78, 5) is 27.6. The highest BCUT2D eigenvalue weighted by Crippen LogP contribution is 2.60. The SMILES string of the molecule is COc1ccc(C(OC[C@H]2[C@H](n3cnc4c(NC(=O)c5ccccc5)ncnc43)[C@@H](CO[Si](c3ccccc3)(c3ccccc3)C(C)(C)C)C2(CO)CO)(c2ccccc2)c2ccccc2)cc1. The number of hydrogen-bond donors (Lipinski definition) is 3. The zero-order chi connectivity index (χ0) is 47.4. The van der Waals surface area contributed by atoms with E-state index in [-0.39, 0.29) is 43.2 Å². The van der Waals surface area contributed by atoms with Crippen LogP contribution in [0.5, 0.6) is 5.75 Å². The van der Waals surface area contributed by atoms with Crippen LogP contribution in [0.4, 0.5) is 5.82 Å². The number of nitrogens with zero attached hydrogens (tertiary/aromatic N) is 4. The van der Waals surface area contributed by atoms with E-state index in [0.717, 1.165) is 27.1 Å². The number of amides is 1. The predicted molar refractivity (Wildman–Crippen MR) is 268 cm³/mol. The van der Waals surface area contributed by atoms with Crippen LogP contribution in [0.1, 0.15) is 53.9 Å². The molecule has 0 saturated heterocycles. The lowest BCUT2D eigenvalue weighted by molar-refractivity contribution is -0.207. The Morgan fingerprint density at radius 3 is 1.68 bits per heavy atom. The van der Waals surface area contributed by atoms with Gasteiger partial charge in [0.1, 0.15) is 17.7 Å². The van der Waals surface area contributed by atoms with Crippen molar-refractivity contribution in [2.45, 2.75) is 37.5 Å². The summed E-state index contributed by atoms with van der Waals surface area (Å²) in [7, 11) is -1.48. The topological polar surface area (TPSA) is 141 Å². The van der Waals surface area contributed by atoms with E-state index >= 15 is 0 Å². The van der Waals surface area contributed by atoms with Crippen molar-refractivity contribution in [2.24, 2.45) is 17.3 Å². The summed E-state index contributed by atoms with van der Waals surface area (Å²) >= 11 is 0. The summed E-state index contributed by atoms with van der Waals surface area (Å²) in [6, 6.07) is 57.5. The van der Waals surface area contributed by atoms with Crippen molar-refractivity contribution >= 4 is 41.6 Å². The lowest BCUT2D eigenvalue weighted by atomic mass is 9.50. The zero-order valence-corrected chi connectivity index (χ0v) is 39.8. The van der Waals surface area contributed by atoms with Crippen LogP contribution >= 0.6 is 0 Å². The van der Waals surface area contributed by atoms with Crippen LogP contribution in [0.15, 0.2) is 189 Å². The first-order chi connectivity index (χ1) is 33.1. The van der Waals surface area contributed by atoms with Gasteiger partial charge in [-0.05, 0) is 56.4 Å². The molecule has 1 aliphatic carbocycles. The van der Waals surface area contributed by atoms with Crippen molar-refractivity contribution in [2.75, 3.05) is 38.9 Å². The van der Waals surface area contributed by atoms with E-state index in [4.69, 9.17) is 23.9 Å². The third-order valence-electron chi connectivity index (χ3n) is 14.1. The van der Waals surface area contributed by atoms with Crippen LogP contribution in [0.25, 0.3) is 11.2 Å². The third-order valence-corrected chi connectivity index (χ3v) is 19.1. The van der Waals surface area contributed by atoms with Crippen LogP contribution < -0.4 is 20.4 Å². The van der Waals surface area contributed by atoms with Crippen molar-refractivity contribution in [1.82, 2.24) is 19.5 Å². The molecule has 68 heavy (non-hydrogen) atoms. The number of anilines is 1. The number of carbonyl (C=O) groups excluding carboxylic acids is 1. The maximum atomic E-state index is 13.5. The summed E-state index contributed by atoms with van der Waals surface area (Å²) in [6.07, 6.45) is 3.14. The number of carbonyl (C=O) groups is 1. The molecule has 1 saturated carbocycles. The summed E-state index contributed by atoms with van der Waals surface area (Å²) in [6.45, 7) is 6.26. The summed E-state index contributed by atoms with van der Waals surface area (Å²) in [5.41, 5.74) is 1.78. The van der Waals surface area contributed by atoms with Crippen LogP contribution in [0.2, 0.25) is 5.04 Å². The first kappa shape index (κ1) is 46.3. The van der Waals surface area contributed by atoms with E-state index in [1.807, 2.05) is 83.4 Å². The fraction of sp³-hybridized carbons (Fsp3) is 0.250. The van der Waals surface area contributed by atoms with E-state index in [9.17, 15) is 15.0 Å². The number of ether oxygens (including phenoxy) is 2. The molecule has 0 spiro atoms. The maximum Gasteiger partial charge on any atom is 0.261 e. The average Bonchev–Trinajstić information content (AvgIpc) is 3.81. The van der Waals surface area contributed by atoms with E-state index in [0.29, 0.717) is 22.5 Å². The van der Waals surface area contributed by atoms with Gasteiger partial charge in [0.05, 0.1) is 33.3 Å². The average molecular weight is 924 g/mol. The number of benzene rings is 6. The van der Waals surface area contributed by atoms with Gasteiger partial charge in [0.25, 0.3) is 14.2 Å². The number of rotatable bonds is 17. The minimum absolute atomic E-state index is 0.0830. The molecule has 3 atom stereocenters. The van der Waals surface area contributed by atoms with Gasteiger partial charge in [-0.3, -0.25) is 4.79 Å². The molecule has 3 N–H and O–H groups in total. The zero-order valence-electron chi connectivity index (χ0n) is 38.8. The standard InChI is InChI=1S/C56H57N5O6Si/c1-54(2,3)68(45-26-16-8-17-27-45,46-28-18-9-19-29-46)67-35-48-50(61-39-59-49-51(57-38-58-52(49)61)60-53(64)40-20-10-5-11-21-40)47(55(48,36-62)37-63)34-66-56(41-22-12-6-13-23-41,42-24-14-7-15-25-42)43-30-32-44(65-4)33-31-43/h5-33,38-39,47-48,50,62-63H,34-37H2,1-4H3,(H,57,58,60,64)/t47-,48+,50-/m0/s1. The molecule has 11 nitrogen and oxygen atoms in total. The number of methoxy groups -OCH3 is 1. The molecule has 9 rings (SSSR count). The molecule has 0 radical (unpaired) electrons. The van der Waals surface area contributed by atoms with Crippen molar-refractivity contribution in [3.63, 3.8) is 0 Å². The number of aliphatic hydroxyl groups is 2. The molecule has 1 fully saturated rings. The quantitative estimate of drug-likeness (QED) is 0.0607. The molecule has 0 bridgehead atoms. The largest absolute Gasteiger partial charge is 0.497 e. The van der Waals surface area contributed by atoms with Gasteiger partial charge in [-0.2, -0.15) is 0 Å². The predicted octanol–water partition coefficient (Wildman–Crippen LogP) is 8.43.